The third-order valence-electron chi connectivity index (χ3n) is 4.39. The molecule has 1 aromatic heterocycles. The summed E-state index contributed by atoms with van der Waals surface area (Å²) in [7, 11) is 0. The standard InChI is InChI=1S/C18H22N2O3/c1-12(2)11-16(21)19-9-7-14(8-10-19)20-17-13(3)5-4-6-15(17)23-18(20)22/h4-6,11,14H,7-10H2,1-3H3. The fourth-order valence-electron chi connectivity index (χ4n) is 3.27. The van der Waals surface area contributed by atoms with Crippen molar-refractivity contribution >= 4 is 17.0 Å². The van der Waals surface area contributed by atoms with Crippen LogP contribution in [0.4, 0.5) is 0 Å². The number of carbonyl (C=O) groups excluding carboxylic acids is 1. The minimum absolute atomic E-state index is 0.0593. The Morgan fingerprint density at radius 2 is 1.96 bits per heavy atom. The van der Waals surface area contributed by atoms with Gasteiger partial charge in [0.25, 0.3) is 0 Å². The number of piperidine rings is 1. The lowest BCUT2D eigenvalue weighted by Gasteiger charge is -2.31. The van der Waals surface area contributed by atoms with E-state index in [4.69, 9.17) is 4.42 Å². The topological polar surface area (TPSA) is 55.5 Å². The van der Waals surface area contributed by atoms with Crippen molar-refractivity contribution < 1.29 is 9.21 Å². The van der Waals surface area contributed by atoms with Crippen molar-refractivity contribution in [2.45, 2.75) is 39.7 Å². The van der Waals surface area contributed by atoms with Gasteiger partial charge < -0.3 is 9.32 Å². The molecule has 1 aromatic carbocycles. The van der Waals surface area contributed by atoms with Crippen molar-refractivity contribution in [3.8, 4) is 0 Å². The van der Waals surface area contributed by atoms with Crippen LogP contribution in [0.1, 0.15) is 38.3 Å². The molecule has 3 rings (SSSR count). The molecule has 1 saturated heterocycles. The Bertz CT molecular complexity index is 816. The molecule has 5 heteroatoms. The maximum atomic E-state index is 12.3. The van der Waals surface area contributed by atoms with Gasteiger partial charge in [0, 0.05) is 25.2 Å². The number of hydrogen-bond donors (Lipinski definition) is 0. The van der Waals surface area contributed by atoms with E-state index in [0.29, 0.717) is 18.7 Å². The fraction of sp³-hybridized carbons (Fsp3) is 0.444. The molecule has 122 valence electrons. The number of oxazole rings is 1. The predicted octanol–water partition coefficient (Wildman–Crippen LogP) is 3.03. The van der Waals surface area contributed by atoms with Crippen LogP contribution in [-0.2, 0) is 4.79 Å². The van der Waals surface area contributed by atoms with Crippen molar-refractivity contribution in [3.63, 3.8) is 0 Å². The molecule has 2 aromatic rings. The van der Waals surface area contributed by atoms with E-state index in [9.17, 15) is 9.59 Å². The Kier molecular flexibility index (Phi) is 4.11. The van der Waals surface area contributed by atoms with Crippen LogP contribution in [0.3, 0.4) is 0 Å². The molecular weight excluding hydrogens is 292 g/mol. The van der Waals surface area contributed by atoms with E-state index in [1.165, 1.54) is 0 Å². The molecule has 0 saturated carbocycles. The van der Waals surface area contributed by atoms with Gasteiger partial charge in [0.15, 0.2) is 5.58 Å². The van der Waals surface area contributed by atoms with Crippen LogP contribution in [0.2, 0.25) is 0 Å². The molecule has 1 amide bonds. The van der Waals surface area contributed by atoms with Gasteiger partial charge in [-0.1, -0.05) is 17.7 Å². The maximum absolute atomic E-state index is 12.3. The highest BCUT2D eigenvalue weighted by atomic mass is 16.4. The maximum Gasteiger partial charge on any atom is 0.420 e. The summed E-state index contributed by atoms with van der Waals surface area (Å²) in [5.74, 6) is -0.243. The molecule has 2 heterocycles. The number of para-hydroxylation sites is 1. The first-order chi connectivity index (χ1) is 11.0. The summed E-state index contributed by atoms with van der Waals surface area (Å²) in [6.07, 6.45) is 3.21. The predicted molar refractivity (Wildman–Crippen MR) is 89.5 cm³/mol. The molecule has 0 bridgehead atoms. The average Bonchev–Trinajstić information content (AvgIpc) is 2.84. The highest BCUT2D eigenvalue weighted by Crippen LogP contribution is 2.27. The largest absolute Gasteiger partial charge is 0.420 e. The number of nitrogens with zero attached hydrogens (tertiary/aromatic N) is 2. The number of amides is 1. The smallest absolute Gasteiger partial charge is 0.408 e. The second kappa shape index (κ2) is 6.07. The summed E-state index contributed by atoms with van der Waals surface area (Å²) in [5.41, 5.74) is 3.56. The van der Waals surface area contributed by atoms with Crippen LogP contribution in [0.15, 0.2) is 39.1 Å². The van der Waals surface area contributed by atoms with E-state index in [0.717, 1.165) is 29.5 Å². The Morgan fingerprint density at radius 1 is 1.26 bits per heavy atom. The zero-order valence-corrected chi connectivity index (χ0v) is 13.8. The zero-order valence-electron chi connectivity index (χ0n) is 13.8. The van der Waals surface area contributed by atoms with Crippen LogP contribution >= 0.6 is 0 Å². The molecule has 0 aliphatic carbocycles. The lowest BCUT2D eigenvalue weighted by atomic mass is 10.0. The van der Waals surface area contributed by atoms with Gasteiger partial charge in [-0.25, -0.2) is 4.79 Å². The van der Waals surface area contributed by atoms with Gasteiger partial charge in [0.2, 0.25) is 5.91 Å². The molecule has 23 heavy (non-hydrogen) atoms. The van der Waals surface area contributed by atoms with Crippen molar-refractivity contribution in [1.29, 1.82) is 0 Å². The summed E-state index contributed by atoms with van der Waals surface area (Å²) < 4.78 is 7.15. The SMILES string of the molecule is CC(C)=CC(=O)N1CCC(n2c(=O)oc3cccc(C)c32)CC1. The van der Waals surface area contributed by atoms with Crippen molar-refractivity contribution in [2.24, 2.45) is 0 Å². The summed E-state index contributed by atoms with van der Waals surface area (Å²) in [6, 6.07) is 5.79. The van der Waals surface area contributed by atoms with Gasteiger partial charge in [-0.05, 0) is 45.2 Å². The highest BCUT2D eigenvalue weighted by Gasteiger charge is 2.26. The van der Waals surface area contributed by atoms with Crippen molar-refractivity contribution in [2.75, 3.05) is 13.1 Å². The number of rotatable bonds is 2. The number of hydrogen-bond acceptors (Lipinski definition) is 3. The molecule has 1 aliphatic rings. The van der Waals surface area contributed by atoms with E-state index in [1.54, 1.807) is 10.6 Å². The van der Waals surface area contributed by atoms with Gasteiger partial charge in [-0.2, -0.15) is 0 Å². The summed E-state index contributed by atoms with van der Waals surface area (Å²) in [6.45, 7) is 7.16. The van der Waals surface area contributed by atoms with Crippen LogP contribution in [0.5, 0.6) is 0 Å². The quantitative estimate of drug-likeness (QED) is 0.801. The molecular formula is C18H22N2O3. The first kappa shape index (κ1) is 15.6. The third kappa shape index (κ3) is 2.96. The molecule has 0 atom stereocenters. The zero-order chi connectivity index (χ0) is 16.6. The highest BCUT2D eigenvalue weighted by molar-refractivity contribution is 5.88. The van der Waals surface area contributed by atoms with Crippen LogP contribution in [0, 0.1) is 6.92 Å². The molecule has 1 aliphatic heterocycles. The van der Waals surface area contributed by atoms with E-state index in [2.05, 4.69) is 0 Å². The number of aryl methyl sites for hydroxylation is 1. The monoisotopic (exact) mass is 314 g/mol. The second-order valence-corrected chi connectivity index (χ2v) is 6.44. The Balaban J connectivity index is 1.84. The third-order valence-corrected chi connectivity index (χ3v) is 4.39. The number of allylic oxidation sites excluding steroid dienone is 1. The van der Waals surface area contributed by atoms with Gasteiger partial charge in [0.05, 0.1) is 5.52 Å². The van der Waals surface area contributed by atoms with Crippen LogP contribution in [0.25, 0.3) is 11.1 Å². The lowest BCUT2D eigenvalue weighted by Crippen LogP contribution is -2.39. The van der Waals surface area contributed by atoms with Gasteiger partial charge in [0.1, 0.15) is 0 Å². The molecule has 0 radical (unpaired) electrons. The summed E-state index contributed by atoms with van der Waals surface area (Å²) in [5, 5.41) is 0. The summed E-state index contributed by atoms with van der Waals surface area (Å²) in [4.78, 5) is 26.2. The molecule has 1 fully saturated rings. The number of fused-ring (bicyclic) bond motifs is 1. The minimum Gasteiger partial charge on any atom is -0.408 e. The Labute approximate surface area is 135 Å². The average molecular weight is 314 g/mol. The van der Waals surface area contributed by atoms with E-state index < -0.39 is 0 Å². The lowest BCUT2D eigenvalue weighted by molar-refractivity contribution is -0.127. The molecule has 0 N–H and O–H groups in total. The fourth-order valence-corrected chi connectivity index (χ4v) is 3.27. The minimum atomic E-state index is -0.302. The molecule has 0 spiro atoms. The van der Waals surface area contributed by atoms with E-state index in [1.807, 2.05) is 43.9 Å². The van der Waals surface area contributed by atoms with Gasteiger partial charge >= 0.3 is 5.76 Å². The van der Waals surface area contributed by atoms with Crippen LogP contribution < -0.4 is 5.76 Å². The van der Waals surface area contributed by atoms with Gasteiger partial charge in [-0.3, -0.25) is 9.36 Å². The van der Waals surface area contributed by atoms with E-state index in [-0.39, 0.29) is 17.7 Å². The molecule has 5 nitrogen and oxygen atoms in total. The number of carbonyl (C=O) groups is 1. The first-order valence-corrected chi connectivity index (χ1v) is 8.02. The Hall–Kier alpha value is -2.30. The number of aromatic nitrogens is 1. The molecule has 0 unspecified atom stereocenters. The first-order valence-electron chi connectivity index (χ1n) is 8.02. The summed E-state index contributed by atoms with van der Waals surface area (Å²) >= 11 is 0. The number of benzene rings is 1. The van der Waals surface area contributed by atoms with Crippen LogP contribution in [-0.4, -0.2) is 28.5 Å². The van der Waals surface area contributed by atoms with Gasteiger partial charge in [-0.15, -0.1) is 0 Å². The van der Waals surface area contributed by atoms with E-state index >= 15 is 0 Å². The van der Waals surface area contributed by atoms with Crippen molar-refractivity contribution in [3.05, 3.63) is 46.0 Å². The Morgan fingerprint density at radius 3 is 2.61 bits per heavy atom. The second-order valence-electron chi connectivity index (χ2n) is 6.44. The normalized spacial score (nSPS) is 15.9. The van der Waals surface area contributed by atoms with Crippen molar-refractivity contribution in [1.82, 2.24) is 9.47 Å². The number of likely N-dealkylation sites (tertiary alicyclic amines) is 1.